The quantitative estimate of drug-likeness (QED) is 0.763. The molecule has 0 spiro atoms. The SMILES string of the molecule is CCC(C)n1c(C)c(C)n(C(C)CC)c1=NC(C)C. The van der Waals surface area contributed by atoms with E-state index >= 15 is 0 Å². The lowest BCUT2D eigenvalue weighted by atomic mass is 10.2. The summed E-state index contributed by atoms with van der Waals surface area (Å²) in [6, 6.07) is 1.33. The first-order chi connectivity index (χ1) is 8.84. The first-order valence-electron chi connectivity index (χ1n) is 7.68. The molecule has 0 radical (unpaired) electrons. The summed E-state index contributed by atoms with van der Waals surface area (Å²) in [6.07, 6.45) is 2.27. The Balaban J connectivity index is 3.65. The van der Waals surface area contributed by atoms with Crippen LogP contribution in [0.2, 0.25) is 0 Å². The summed E-state index contributed by atoms with van der Waals surface area (Å²) in [4.78, 5) is 4.90. The van der Waals surface area contributed by atoms with Gasteiger partial charge in [-0.2, -0.15) is 0 Å². The summed E-state index contributed by atoms with van der Waals surface area (Å²) in [5, 5.41) is 0. The van der Waals surface area contributed by atoms with Crippen LogP contribution in [-0.2, 0) is 0 Å². The molecule has 2 unspecified atom stereocenters. The number of imidazole rings is 1. The molecule has 0 bridgehead atoms. The predicted octanol–water partition coefficient (Wildman–Crippen LogP) is 4.16. The van der Waals surface area contributed by atoms with Crippen LogP contribution in [0.4, 0.5) is 0 Å². The van der Waals surface area contributed by atoms with Crippen molar-refractivity contribution in [1.29, 1.82) is 0 Å². The Morgan fingerprint density at radius 1 is 0.842 bits per heavy atom. The van der Waals surface area contributed by atoms with Crippen molar-refractivity contribution in [3.8, 4) is 0 Å². The van der Waals surface area contributed by atoms with Crippen molar-refractivity contribution in [3.63, 3.8) is 0 Å². The lowest BCUT2D eigenvalue weighted by molar-refractivity contribution is 0.443. The fraction of sp³-hybridized carbons (Fsp3) is 0.812. The van der Waals surface area contributed by atoms with Crippen molar-refractivity contribution < 1.29 is 0 Å². The average molecular weight is 265 g/mol. The molecule has 0 aliphatic carbocycles. The molecule has 1 heterocycles. The van der Waals surface area contributed by atoms with Crippen LogP contribution in [0.15, 0.2) is 4.99 Å². The van der Waals surface area contributed by atoms with E-state index in [2.05, 4.69) is 64.5 Å². The van der Waals surface area contributed by atoms with Gasteiger partial charge in [-0.1, -0.05) is 13.8 Å². The Kier molecular flexibility index (Phi) is 5.45. The molecular weight excluding hydrogens is 234 g/mol. The van der Waals surface area contributed by atoms with Gasteiger partial charge in [-0.25, -0.2) is 4.99 Å². The average Bonchev–Trinajstić information content (AvgIpc) is 2.59. The second-order valence-corrected chi connectivity index (χ2v) is 5.95. The summed E-state index contributed by atoms with van der Waals surface area (Å²) < 4.78 is 4.84. The van der Waals surface area contributed by atoms with E-state index in [-0.39, 0.29) is 0 Å². The van der Waals surface area contributed by atoms with Crippen molar-refractivity contribution in [2.45, 2.75) is 86.4 Å². The van der Waals surface area contributed by atoms with Crippen molar-refractivity contribution in [3.05, 3.63) is 17.0 Å². The Hall–Kier alpha value is -0.990. The molecule has 1 rings (SSSR count). The highest BCUT2D eigenvalue weighted by molar-refractivity contribution is 5.13. The highest BCUT2D eigenvalue weighted by atomic mass is 15.2. The van der Waals surface area contributed by atoms with Crippen molar-refractivity contribution >= 4 is 0 Å². The Labute approximate surface area is 118 Å². The molecule has 1 aromatic rings. The summed E-state index contributed by atoms with van der Waals surface area (Å²) in [5.74, 6) is 0. The lowest BCUT2D eigenvalue weighted by Gasteiger charge is -2.16. The maximum Gasteiger partial charge on any atom is 0.206 e. The third-order valence-electron chi connectivity index (χ3n) is 4.11. The molecule has 0 aliphatic rings. The summed E-state index contributed by atoms with van der Waals surface area (Å²) in [6.45, 7) is 17.8. The van der Waals surface area contributed by atoms with E-state index in [0.29, 0.717) is 18.1 Å². The zero-order chi connectivity index (χ0) is 14.7. The van der Waals surface area contributed by atoms with Gasteiger partial charge in [0.15, 0.2) is 0 Å². The van der Waals surface area contributed by atoms with Crippen LogP contribution in [0.5, 0.6) is 0 Å². The largest absolute Gasteiger partial charge is 0.312 e. The molecule has 3 heteroatoms. The minimum atomic E-state index is 0.326. The molecule has 0 saturated heterocycles. The summed E-state index contributed by atoms with van der Waals surface area (Å²) in [5.41, 5.74) is 3.86. The van der Waals surface area contributed by atoms with E-state index in [1.807, 2.05) is 0 Å². The van der Waals surface area contributed by atoms with Crippen LogP contribution in [0.25, 0.3) is 0 Å². The van der Waals surface area contributed by atoms with E-state index in [0.717, 1.165) is 18.5 Å². The highest BCUT2D eigenvalue weighted by Crippen LogP contribution is 2.19. The lowest BCUT2D eigenvalue weighted by Crippen LogP contribution is -2.31. The number of nitrogens with zero attached hydrogens (tertiary/aromatic N) is 3. The Bertz CT molecular complexity index is 440. The minimum absolute atomic E-state index is 0.326. The molecule has 0 N–H and O–H groups in total. The smallest absolute Gasteiger partial charge is 0.206 e. The standard InChI is InChI=1S/C16H31N3/c1-9-12(5)18-14(7)15(8)19(13(6)10-2)16(18)17-11(3)4/h11-13H,9-10H2,1-8H3. The third-order valence-corrected chi connectivity index (χ3v) is 4.11. The fourth-order valence-corrected chi connectivity index (χ4v) is 2.54. The van der Waals surface area contributed by atoms with Crippen LogP contribution in [-0.4, -0.2) is 15.2 Å². The molecule has 0 aromatic carbocycles. The highest BCUT2D eigenvalue weighted by Gasteiger charge is 2.18. The molecular formula is C16H31N3. The van der Waals surface area contributed by atoms with Crippen LogP contribution < -0.4 is 5.62 Å². The molecule has 19 heavy (non-hydrogen) atoms. The molecule has 1 aromatic heterocycles. The van der Waals surface area contributed by atoms with E-state index in [1.165, 1.54) is 11.4 Å². The van der Waals surface area contributed by atoms with E-state index in [4.69, 9.17) is 4.99 Å². The first kappa shape index (κ1) is 16.1. The molecule has 0 amide bonds. The van der Waals surface area contributed by atoms with Crippen LogP contribution in [0.1, 0.15) is 77.9 Å². The minimum Gasteiger partial charge on any atom is -0.312 e. The Morgan fingerprint density at radius 2 is 1.21 bits per heavy atom. The van der Waals surface area contributed by atoms with Gasteiger partial charge in [-0.15, -0.1) is 0 Å². The van der Waals surface area contributed by atoms with Gasteiger partial charge in [0.25, 0.3) is 0 Å². The second kappa shape index (κ2) is 6.44. The van der Waals surface area contributed by atoms with E-state index in [9.17, 15) is 0 Å². The van der Waals surface area contributed by atoms with Gasteiger partial charge < -0.3 is 9.13 Å². The van der Waals surface area contributed by atoms with Gasteiger partial charge >= 0.3 is 0 Å². The van der Waals surface area contributed by atoms with Gasteiger partial charge in [0, 0.05) is 29.5 Å². The Morgan fingerprint density at radius 3 is 1.47 bits per heavy atom. The number of hydrogen-bond donors (Lipinski definition) is 0. The van der Waals surface area contributed by atoms with Crippen molar-refractivity contribution in [2.24, 2.45) is 4.99 Å². The molecule has 0 aliphatic heterocycles. The summed E-state index contributed by atoms with van der Waals surface area (Å²) >= 11 is 0. The molecule has 2 atom stereocenters. The van der Waals surface area contributed by atoms with Crippen LogP contribution >= 0.6 is 0 Å². The van der Waals surface area contributed by atoms with E-state index in [1.54, 1.807) is 0 Å². The van der Waals surface area contributed by atoms with Crippen LogP contribution in [0.3, 0.4) is 0 Å². The van der Waals surface area contributed by atoms with Crippen LogP contribution in [0, 0.1) is 13.8 Å². The van der Waals surface area contributed by atoms with Gasteiger partial charge in [-0.3, -0.25) is 0 Å². The predicted molar refractivity (Wildman–Crippen MR) is 82.6 cm³/mol. The van der Waals surface area contributed by atoms with E-state index < -0.39 is 0 Å². The van der Waals surface area contributed by atoms with Crippen molar-refractivity contribution in [2.75, 3.05) is 0 Å². The fourth-order valence-electron chi connectivity index (χ4n) is 2.54. The van der Waals surface area contributed by atoms with Gasteiger partial charge in [0.1, 0.15) is 0 Å². The summed E-state index contributed by atoms with van der Waals surface area (Å²) in [7, 11) is 0. The molecule has 0 fully saturated rings. The number of hydrogen-bond acceptors (Lipinski definition) is 1. The monoisotopic (exact) mass is 265 g/mol. The second-order valence-electron chi connectivity index (χ2n) is 5.95. The third kappa shape index (κ3) is 3.13. The number of aromatic nitrogens is 2. The topological polar surface area (TPSA) is 22.2 Å². The zero-order valence-corrected chi connectivity index (χ0v) is 14.0. The molecule has 0 saturated carbocycles. The van der Waals surface area contributed by atoms with Gasteiger partial charge in [-0.05, 0) is 54.4 Å². The molecule has 110 valence electrons. The van der Waals surface area contributed by atoms with Gasteiger partial charge in [0.2, 0.25) is 5.62 Å². The first-order valence-corrected chi connectivity index (χ1v) is 7.68. The normalized spacial score (nSPS) is 14.8. The van der Waals surface area contributed by atoms with Gasteiger partial charge in [0.05, 0.1) is 0 Å². The molecule has 3 nitrogen and oxygen atoms in total. The maximum absolute atomic E-state index is 4.90. The van der Waals surface area contributed by atoms with Crippen molar-refractivity contribution in [1.82, 2.24) is 9.13 Å². The maximum atomic E-state index is 4.90. The number of rotatable bonds is 5. The zero-order valence-electron chi connectivity index (χ0n) is 14.0.